The van der Waals surface area contributed by atoms with Gasteiger partial charge in [-0.25, -0.2) is 4.79 Å². The number of aryl methyl sites for hydroxylation is 1. The Morgan fingerprint density at radius 1 is 1.37 bits per heavy atom. The summed E-state index contributed by atoms with van der Waals surface area (Å²) in [6, 6.07) is 4.66. The van der Waals surface area contributed by atoms with Crippen molar-refractivity contribution in [3.63, 3.8) is 0 Å². The van der Waals surface area contributed by atoms with E-state index in [1.54, 1.807) is 19.1 Å². The Kier molecular flexibility index (Phi) is 9.45. The molecule has 0 bridgehead atoms. The lowest BCUT2D eigenvalue weighted by Gasteiger charge is -2.15. The summed E-state index contributed by atoms with van der Waals surface area (Å²) in [6.07, 6.45) is -0.763. The van der Waals surface area contributed by atoms with Crippen molar-refractivity contribution in [1.29, 1.82) is 0 Å². The fourth-order valence-electron chi connectivity index (χ4n) is 3.50. The minimum absolute atomic E-state index is 0.121. The summed E-state index contributed by atoms with van der Waals surface area (Å²) in [5, 5.41) is 5.01. The first-order chi connectivity index (χ1) is 17.9. The van der Waals surface area contributed by atoms with Gasteiger partial charge in [0.2, 0.25) is 5.91 Å². The average molecular weight is 584 g/mol. The summed E-state index contributed by atoms with van der Waals surface area (Å²) in [5.74, 6) is -1.62. The van der Waals surface area contributed by atoms with E-state index >= 15 is 0 Å². The molecular formula is C21H21N5O9S3. The molecule has 14 nitrogen and oxygen atoms in total. The minimum atomic E-state index is -4.74. The second kappa shape index (κ2) is 12.4. The predicted octanol–water partition coefficient (Wildman–Crippen LogP) is 2.10. The predicted molar refractivity (Wildman–Crippen MR) is 140 cm³/mol. The lowest BCUT2D eigenvalue weighted by Crippen LogP contribution is -2.36. The third kappa shape index (κ3) is 7.08. The van der Waals surface area contributed by atoms with E-state index in [-0.39, 0.29) is 46.6 Å². The molecule has 0 spiro atoms. The molecule has 1 aromatic carbocycles. The Morgan fingerprint density at radius 3 is 2.76 bits per heavy atom. The highest BCUT2D eigenvalue weighted by atomic mass is 32.2. The summed E-state index contributed by atoms with van der Waals surface area (Å²) in [6.45, 7) is 1.98. The number of thiocarbonyl (C=S) groups is 1. The number of azide groups is 1. The van der Waals surface area contributed by atoms with E-state index < -0.39 is 39.2 Å². The first kappa shape index (κ1) is 29.1. The highest BCUT2D eigenvalue weighted by Gasteiger charge is 2.48. The molecule has 0 saturated carbocycles. The molecule has 0 unspecified atom stereocenters. The standard InChI is InChI=1S/C21H21N5O9S3/c1-11-13-3-2-12(24-25-22)8-15(13)34-21(30)14(11)9-17(27)23-5-7-37-6-4-19(36)35-26-18(28)10-16(20(26)29)38(31,32)33/h2-3,8,16H,4-7,9-10H2,1H3,(H,23,27)(H,31,32,33)/t16-/m0/s1. The summed E-state index contributed by atoms with van der Waals surface area (Å²) in [7, 11) is -4.74. The number of hydroxylamine groups is 2. The molecule has 1 saturated heterocycles. The molecule has 2 N–H and O–H groups in total. The van der Waals surface area contributed by atoms with E-state index in [0.717, 1.165) is 0 Å². The zero-order valence-corrected chi connectivity index (χ0v) is 22.2. The summed E-state index contributed by atoms with van der Waals surface area (Å²) >= 11 is 6.36. The number of thioether (sulfide) groups is 1. The SMILES string of the molecule is Cc1c(CC(=O)NCCSCCC(=S)ON2C(=O)C[C@H](S(=O)(=O)O)C2=O)c(=O)oc2cc(N=[N+]=[N-])ccc12. The quantitative estimate of drug-likeness (QED) is 0.0572. The molecule has 1 atom stereocenters. The molecule has 1 aliphatic rings. The smallest absolute Gasteiger partial charge is 0.340 e. The topological polar surface area (TPSA) is 209 Å². The molecule has 17 heteroatoms. The average Bonchev–Trinajstić information content (AvgIpc) is 3.12. The van der Waals surface area contributed by atoms with Gasteiger partial charge in [0.1, 0.15) is 5.58 Å². The third-order valence-electron chi connectivity index (χ3n) is 5.40. The van der Waals surface area contributed by atoms with Gasteiger partial charge in [-0.3, -0.25) is 18.9 Å². The van der Waals surface area contributed by atoms with Crippen molar-refractivity contribution in [2.45, 2.75) is 31.4 Å². The van der Waals surface area contributed by atoms with Crippen LogP contribution in [0.4, 0.5) is 5.69 Å². The highest BCUT2D eigenvalue weighted by molar-refractivity contribution is 7.99. The molecule has 3 amide bonds. The van der Waals surface area contributed by atoms with Crippen molar-refractivity contribution in [2.75, 3.05) is 18.1 Å². The van der Waals surface area contributed by atoms with E-state index in [1.165, 1.54) is 17.8 Å². The van der Waals surface area contributed by atoms with Crippen LogP contribution in [0.1, 0.15) is 24.0 Å². The lowest BCUT2D eigenvalue weighted by atomic mass is 10.0. The number of hydrogen-bond acceptors (Lipinski definition) is 11. The van der Waals surface area contributed by atoms with Gasteiger partial charge >= 0.3 is 5.63 Å². The number of hydrogen-bond donors (Lipinski definition) is 2. The molecule has 0 aliphatic carbocycles. The van der Waals surface area contributed by atoms with Crippen molar-refractivity contribution in [3.05, 3.63) is 50.2 Å². The maximum absolute atomic E-state index is 12.4. The van der Waals surface area contributed by atoms with Gasteiger partial charge in [0.15, 0.2) is 10.3 Å². The Hall–Kier alpha value is -3.50. The molecule has 202 valence electrons. The molecule has 38 heavy (non-hydrogen) atoms. The van der Waals surface area contributed by atoms with Crippen molar-refractivity contribution >= 4 is 73.5 Å². The molecule has 2 aromatic rings. The Balaban J connectivity index is 1.42. The second-order valence-electron chi connectivity index (χ2n) is 7.95. The molecule has 2 heterocycles. The van der Waals surface area contributed by atoms with Crippen molar-refractivity contribution in [1.82, 2.24) is 10.4 Å². The fourth-order valence-corrected chi connectivity index (χ4v) is 5.29. The minimum Gasteiger partial charge on any atom is -0.422 e. The number of imide groups is 1. The Labute approximate surface area is 225 Å². The number of carbonyl (C=O) groups is 3. The van der Waals surface area contributed by atoms with E-state index in [1.807, 2.05) is 0 Å². The van der Waals surface area contributed by atoms with Crippen LogP contribution in [0.15, 0.2) is 32.5 Å². The molecule has 1 fully saturated rings. The molecule has 1 aliphatic heterocycles. The fraction of sp³-hybridized carbons (Fsp3) is 0.381. The monoisotopic (exact) mass is 583 g/mol. The highest BCUT2D eigenvalue weighted by Crippen LogP contribution is 2.25. The van der Waals surface area contributed by atoms with E-state index in [0.29, 0.717) is 28.1 Å². The largest absolute Gasteiger partial charge is 0.422 e. The number of nitrogens with zero attached hydrogens (tertiary/aromatic N) is 4. The van der Waals surface area contributed by atoms with Gasteiger partial charge < -0.3 is 14.6 Å². The van der Waals surface area contributed by atoms with Gasteiger partial charge in [0.25, 0.3) is 21.9 Å². The molecular weight excluding hydrogens is 562 g/mol. The van der Waals surface area contributed by atoms with E-state index in [4.69, 9.17) is 31.6 Å². The Bertz CT molecular complexity index is 1520. The molecule has 1 aromatic heterocycles. The van der Waals surface area contributed by atoms with Gasteiger partial charge in [-0.2, -0.15) is 20.2 Å². The first-order valence-corrected chi connectivity index (χ1v) is 14.0. The van der Waals surface area contributed by atoms with Crippen LogP contribution < -0.4 is 10.9 Å². The van der Waals surface area contributed by atoms with Crippen LogP contribution in [0, 0.1) is 6.92 Å². The van der Waals surface area contributed by atoms with Gasteiger partial charge in [0.05, 0.1) is 18.4 Å². The summed E-state index contributed by atoms with van der Waals surface area (Å²) < 4.78 is 36.6. The van der Waals surface area contributed by atoms with Crippen LogP contribution in [-0.2, 0) is 35.8 Å². The zero-order chi connectivity index (χ0) is 28.0. The molecule has 3 rings (SSSR count). The number of amides is 3. The number of benzene rings is 1. The van der Waals surface area contributed by atoms with E-state index in [9.17, 15) is 27.6 Å². The van der Waals surface area contributed by atoms with Crippen LogP contribution >= 0.6 is 24.0 Å². The van der Waals surface area contributed by atoms with Crippen molar-refractivity contribution in [2.24, 2.45) is 5.11 Å². The lowest BCUT2D eigenvalue weighted by molar-refractivity contribution is -0.166. The number of fused-ring (bicyclic) bond motifs is 1. The van der Waals surface area contributed by atoms with Crippen LogP contribution in [-0.4, -0.2) is 64.1 Å². The van der Waals surface area contributed by atoms with E-state index in [2.05, 4.69) is 15.3 Å². The first-order valence-electron chi connectivity index (χ1n) is 10.9. The van der Waals surface area contributed by atoms with Crippen molar-refractivity contribution in [3.8, 4) is 0 Å². The van der Waals surface area contributed by atoms with Crippen LogP contribution in [0.5, 0.6) is 0 Å². The second-order valence-corrected chi connectivity index (χ2v) is 11.2. The molecule has 0 radical (unpaired) electrons. The zero-order valence-electron chi connectivity index (χ0n) is 19.8. The van der Waals surface area contributed by atoms with Gasteiger partial charge in [-0.05, 0) is 36.3 Å². The summed E-state index contributed by atoms with van der Waals surface area (Å²) in [4.78, 5) is 56.2. The van der Waals surface area contributed by atoms with Crippen molar-refractivity contribution < 1.29 is 36.6 Å². The maximum Gasteiger partial charge on any atom is 0.340 e. The van der Waals surface area contributed by atoms with Crippen LogP contribution in [0.25, 0.3) is 21.4 Å². The van der Waals surface area contributed by atoms with Gasteiger partial charge in [0, 0.05) is 40.5 Å². The normalized spacial score (nSPS) is 15.4. The number of carbonyl (C=O) groups excluding carboxylic acids is 3. The van der Waals surface area contributed by atoms with Gasteiger partial charge in [-0.1, -0.05) is 17.2 Å². The number of nitrogens with one attached hydrogen (secondary N) is 1. The number of rotatable bonds is 11. The Morgan fingerprint density at radius 2 is 2.11 bits per heavy atom. The van der Waals surface area contributed by atoms with Crippen LogP contribution in [0.2, 0.25) is 0 Å². The third-order valence-corrected chi connectivity index (χ3v) is 7.75. The maximum atomic E-state index is 12.4. The van der Waals surface area contributed by atoms with Crippen LogP contribution in [0.3, 0.4) is 0 Å². The van der Waals surface area contributed by atoms with Gasteiger partial charge in [-0.15, -0.1) is 5.06 Å². The summed E-state index contributed by atoms with van der Waals surface area (Å²) in [5.41, 5.74) is 9.22.